The molecule has 0 saturated heterocycles. The van der Waals surface area contributed by atoms with Crippen molar-refractivity contribution in [1.82, 2.24) is 9.97 Å². The van der Waals surface area contributed by atoms with Crippen molar-refractivity contribution in [3.8, 4) is 0 Å². The van der Waals surface area contributed by atoms with Crippen LogP contribution in [0.2, 0.25) is 0 Å². The zero-order valence-corrected chi connectivity index (χ0v) is 14.3. The van der Waals surface area contributed by atoms with E-state index in [2.05, 4.69) is 15.3 Å². The second kappa shape index (κ2) is 7.78. The number of nitrogen functional groups attached to an aromatic ring is 2. The van der Waals surface area contributed by atoms with Crippen LogP contribution in [-0.2, 0) is 4.79 Å². The van der Waals surface area contributed by atoms with Crippen LogP contribution in [0.1, 0.15) is 30.6 Å². The molecular formula is C16H19N5O2S. The summed E-state index contributed by atoms with van der Waals surface area (Å²) >= 11 is 1.20. The van der Waals surface area contributed by atoms with Gasteiger partial charge in [0.25, 0.3) is 0 Å². The van der Waals surface area contributed by atoms with Gasteiger partial charge in [0, 0.05) is 17.3 Å². The van der Waals surface area contributed by atoms with Crippen molar-refractivity contribution in [1.29, 1.82) is 0 Å². The Morgan fingerprint density at radius 1 is 1.17 bits per heavy atom. The molecule has 1 amide bonds. The van der Waals surface area contributed by atoms with Gasteiger partial charge in [-0.25, -0.2) is 9.97 Å². The number of ketones is 1. The Bertz CT molecular complexity index is 728. The molecule has 0 bridgehead atoms. The zero-order valence-electron chi connectivity index (χ0n) is 13.4. The van der Waals surface area contributed by atoms with Crippen molar-refractivity contribution in [3.05, 3.63) is 35.9 Å². The molecule has 0 unspecified atom stereocenters. The third-order valence-corrected chi connectivity index (χ3v) is 4.44. The Labute approximate surface area is 144 Å². The molecule has 24 heavy (non-hydrogen) atoms. The smallest absolute Gasteiger partial charge is 0.237 e. The summed E-state index contributed by atoms with van der Waals surface area (Å²) in [6.45, 7) is 3.39. The first-order valence-corrected chi connectivity index (χ1v) is 8.25. The van der Waals surface area contributed by atoms with Gasteiger partial charge in [0.15, 0.2) is 10.9 Å². The molecule has 0 aliphatic carbocycles. The van der Waals surface area contributed by atoms with E-state index in [1.165, 1.54) is 24.8 Å². The van der Waals surface area contributed by atoms with Crippen molar-refractivity contribution in [2.45, 2.75) is 30.7 Å². The number of carbonyl (C=O) groups excluding carboxylic acids is 2. The molecule has 1 aromatic heterocycles. The van der Waals surface area contributed by atoms with Gasteiger partial charge in [0.1, 0.15) is 11.6 Å². The number of thioether (sulfide) groups is 1. The molecule has 0 radical (unpaired) electrons. The number of nitrogens with zero attached hydrogens (tertiary/aromatic N) is 2. The Morgan fingerprint density at radius 2 is 1.75 bits per heavy atom. The van der Waals surface area contributed by atoms with Gasteiger partial charge in [0.2, 0.25) is 5.91 Å². The molecule has 0 aliphatic heterocycles. The largest absolute Gasteiger partial charge is 0.383 e. The van der Waals surface area contributed by atoms with Gasteiger partial charge in [0.05, 0.1) is 5.25 Å². The molecule has 8 heteroatoms. The highest BCUT2D eigenvalue weighted by Crippen LogP contribution is 2.25. The summed E-state index contributed by atoms with van der Waals surface area (Å²) in [6, 6.07) is 8.20. The number of carbonyl (C=O) groups is 2. The molecule has 0 aliphatic rings. The van der Waals surface area contributed by atoms with Gasteiger partial charge < -0.3 is 16.8 Å². The monoisotopic (exact) mass is 345 g/mol. The fourth-order valence-electron chi connectivity index (χ4n) is 1.98. The molecule has 0 spiro atoms. The van der Waals surface area contributed by atoms with Crippen molar-refractivity contribution >= 4 is 40.8 Å². The van der Waals surface area contributed by atoms with Crippen molar-refractivity contribution in [2.24, 2.45) is 0 Å². The third kappa shape index (κ3) is 4.69. The second-order valence-corrected chi connectivity index (χ2v) is 6.31. The minimum Gasteiger partial charge on any atom is -0.383 e. The molecule has 0 saturated carbocycles. The van der Waals surface area contributed by atoms with Crippen LogP contribution in [0.5, 0.6) is 0 Å². The van der Waals surface area contributed by atoms with Crippen LogP contribution < -0.4 is 16.8 Å². The lowest BCUT2D eigenvalue weighted by molar-refractivity contribution is -0.115. The van der Waals surface area contributed by atoms with E-state index in [9.17, 15) is 9.59 Å². The van der Waals surface area contributed by atoms with Crippen molar-refractivity contribution in [2.75, 3.05) is 16.8 Å². The average molecular weight is 345 g/mol. The van der Waals surface area contributed by atoms with E-state index in [0.29, 0.717) is 22.8 Å². The normalized spacial score (nSPS) is 11.8. The van der Waals surface area contributed by atoms with Gasteiger partial charge in [-0.05, 0) is 37.6 Å². The van der Waals surface area contributed by atoms with Crippen LogP contribution in [-0.4, -0.2) is 26.9 Å². The Balaban J connectivity index is 2.06. The summed E-state index contributed by atoms with van der Waals surface area (Å²) < 4.78 is 0. The predicted octanol–water partition coefficient (Wildman–Crippen LogP) is 2.35. The molecule has 126 valence electrons. The maximum Gasteiger partial charge on any atom is 0.237 e. The highest BCUT2D eigenvalue weighted by atomic mass is 32.2. The fraction of sp³-hybridized carbons (Fsp3) is 0.250. The second-order valence-electron chi connectivity index (χ2n) is 5.14. The van der Waals surface area contributed by atoms with Crippen LogP contribution in [0, 0.1) is 0 Å². The standard InChI is InChI=1S/C16H19N5O2S/c1-3-12(24-16-20-13(17)8-14(18)21-16)15(23)19-11-6-4-10(5-7-11)9(2)22/h4-8,12H,3H2,1-2H3,(H,19,23)(H4,17,18,20,21)/t12-/m1/s1. The fourth-order valence-corrected chi connectivity index (χ4v) is 2.88. The Hall–Kier alpha value is -2.61. The number of Topliss-reactive ketones (excluding diaryl/α,β-unsaturated/α-hetero) is 1. The summed E-state index contributed by atoms with van der Waals surface area (Å²) in [7, 11) is 0. The van der Waals surface area contributed by atoms with E-state index in [0.717, 1.165) is 0 Å². The number of anilines is 3. The lowest BCUT2D eigenvalue weighted by Crippen LogP contribution is -2.25. The lowest BCUT2D eigenvalue weighted by Gasteiger charge is -2.14. The van der Waals surface area contributed by atoms with Crippen LogP contribution in [0.15, 0.2) is 35.5 Å². The van der Waals surface area contributed by atoms with Crippen LogP contribution in [0.3, 0.4) is 0 Å². The molecule has 1 atom stereocenters. The van der Waals surface area contributed by atoms with Crippen molar-refractivity contribution in [3.63, 3.8) is 0 Å². The highest BCUT2D eigenvalue weighted by Gasteiger charge is 2.20. The van der Waals surface area contributed by atoms with Crippen LogP contribution in [0.25, 0.3) is 0 Å². The van der Waals surface area contributed by atoms with Crippen LogP contribution >= 0.6 is 11.8 Å². The molecule has 2 aromatic rings. The summed E-state index contributed by atoms with van der Waals surface area (Å²) in [5.41, 5.74) is 12.5. The Kier molecular flexibility index (Phi) is 5.75. The lowest BCUT2D eigenvalue weighted by atomic mass is 10.1. The number of nitrogens with two attached hydrogens (primary N) is 2. The van der Waals surface area contributed by atoms with E-state index < -0.39 is 5.25 Å². The molecule has 5 N–H and O–H groups in total. The summed E-state index contributed by atoms with van der Waals surface area (Å²) in [5, 5.41) is 2.79. The van der Waals surface area contributed by atoms with E-state index in [-0.39, 0.29) is 23.3 Å². The average Bonchev–Trinajstić information content (AvgIpc) is 2.52. The minimum absolute atomic E-state index is 0.0220. The molecular weight excluding hydrogens is 326 g/mol. The number of rotatable bonds is 6. The molecule has 7 nitrogen and oxygen atoms in total. The first-order valence-electron chi connectivity index (χ1n) is 7.37. The first-order chi connectivity index (χ1) is 11.4. The number of aromatic nitrogens is 2. The van der Waals surface area contributed by atoms with Gasteiger partial charge >= 0.3 is 0 Å². The number of amides is 1. The number of nitrogens with one attached hydrogen (secondary N) is 1. The molecule has 1 aromatic carbocycles. The van der Waals surface area contributed by atoms with Gasteiger partial charge in [-0.2, -0.15) is 0 Å². The van der Waals surface area contributed by atoms with E-state index >= 15 is 0 Å². The summed E-state index contributed by atoms with van der Waals surface area (Å²) in [4.78, 5) is 31.8. The van der Waals surface area contributed by atoms with E-state index in [1.54, 1.807) is 24.3 Å². The number of benzene rings is 1. The quantitative estimate of drug-likeness (QED) is 0.417. The van der Waals surface area contributed by atoms with Gasteiger partial charge in [-0.1, -0.05) is 18.7 Å². The van der Waals surface area contributed by atoms with Crippen molar-refractivity contribution < 1.29 is 9.59 Å². The first kappa shape index (κ1) is 17.7. The summed E-state index contributed by atoms with van der Waals surface area (Å²) in [6.07, 6.45) is 0.583. The zero-order chi connectivity index (χ0) is 17.7. The highest BCUT2D eigenvalue weighted by molar-refractivity contribution is 8.00. The SMILES string of the molecule is CC[C@@H](Sc1nc(N)cc(N)n1)C(=O)Nc1ccc(C(C)=O)cc1. The van der Waals surface area contributed by atoms with E-state index in [1.807, 2.05) is 6.92 Å². The number of hydrogen-bond acceptors (Lipinski definition) is 7. The predicted molar refractivity (Wildman–Crippen MR) is 95.9 cm³/mol. The maximum atomic E-state index is 12.4. The van der Waals surface area contributed by atoms with Gasteiger partial charge in [-0.3, -0.25) is 9.59 Å². The number of hydrogen-bond donors (Lipinski definition) is 3. The Morgan fingerprint density at radius 3 is 2.25 bits per heavy atom. The molecule has 1 heterocycles. The minimum atomic E-state index is -0.390. The maximum absolute atomic E-state index is 12.4. The summed E-state index contributed by atoms with van der Waals surface area (Å²) in [5.74, 6) is 0.328. The van der Waals surface area contributed by atoms with E-state index in [4.69, 9.17) is 11.5 Å². The third-order valence-electron chi connectivity index (χ3n) is 3.22. The topological polar surface area (TPSA) is 124 Å². The molecule has 2 rings (SSSR count). The van der Waals surface area contributed by atoms with Gasteiger partial charge in [-0.15, -0.1) is 0 Å². The van der Waals surface area contributed by atoms with Crippen LogP contribution in [0.4, 0.5) is 17.3 Å². The molecule has 0 fully saturated rings.